The third kappa shape index (κ3) is 3.97. The van der Waals surface area contributed by atoms with Gasteiger partial charge in [0.15, 0.2) is 11.9 Å². The lowest BCUT2D eigenvalue weighted by Gasteiger charge is -2.24. The number of nitrogens with one attached hydrogen (secondary N) is 1. The molecule has 0 spiro atoms. The first-order valence-corrected chi connectivity index (χ1v) is 8.93. The van der Waals surface area contributed by atoms with E-state index in [9.17, 15) is 9.59 Å². The van der Waals surface area contributed by atoms with Crippen LogP contribution in [0.3, 0.4) is 0 Å². The Morgan fingerprint density at radius 3 is 2.96 bits per heavy atom. The molecule has 1 N–H and O–H groups in total. The van der Waals surface area contributed by atoms with Gasteiger partial charge in [0.05, 0.1) is 18.5 Å². The first-order valence-electron chi connectivity index (χ1n) is 8.56. The Morgan fingerprint density at radius 2 is 2.18 bits per heavy atom. The third-order valence-electron chi connectivity index (χ3n) is 4.15. The summed E-state index contributed by atoms with van der Waals surface area (Å²) in [5, 5.41) is 3.31. The van der Waals surface area contributed by atoms with E-state index in [1.165, 1.54) is 0 Å². The minimum Gasteiger partial charge on any atom is -0.474 e. The highest BCUT2D eigenvalue weighted by atomic mass is 35.5. The highest BCUT2D eigenvalue weighted by molar-refractivity contribution is 6.30. The molecule has 28 heavy (non-hydrogen) atoms. The molecule has 2 heterocycles. The molecule has 1 unspecified atom stereocenters. The second-order valence-corrected chi connectivity index (χ2v) is 6.60. The van der Waals surface area contributed by atoms with Crippen LogP contribution < -0.4 is 5.32 Å². The fraction of sp³-hybridized carbons (Fsp3) is 0.0952. The third-order valence-corrected chi connectivity index (χ3v) is 4.39. The molecule has 2 amide bonds. The van der Waals surface area contributed by atoms with Crippen LogP contribution in [0.1, 0.15) is 11.3 Å². The van der Waals surface area contributed by atoms with Crippen LogP contribution in [0.25, 0.3) is 6.08 Å². The van der Waals surface area contributed by atoms with Gasteiger partial charge in [-0.3, -0.25) is 9.59 Å². The van der Waals surface area contributed by atoms with Gasteiger partial charge in [-0.15, -0.1) is 0 Å². The molecular weight excluding hydrogens is 380 g/mol. The molecule has 1 aliphatic heterocycles. The average molecular weight is 395 g/mol. The number of halogens is 1. The number of nitrogens with zero attached hydrogens (tertiary/aromatic N) is 1. The van der Waals surface area contributed by atoms with E-state index < -0.39 is 12.0 Å². The van der Waals surface area contributed by atoms with E-state index >= 15 is 0 Å². The predicted octanol–water partition coefficient (Wildman–Crippen LogP) is 3.45. The SMILES string of the molecule is O=C(NCc1ccco1)C1=CC2=NC(=O)/C(=C/c3cccc(Cl)c3)OC2C=C1. The van der Waals surface area contributed by atoms with E-state index in [2.05, 4.69) is 10.3 Å². The van der Waals surface area contributed by atoms with Gasteiger partial charge in [-0.2, -0.15) is 0 Å². The maximum Gasteiger partial charge on any atom is 0.312 e. The van der Waals surface area contributed by atoms with E-state index in [1.807, 2.05) is 6.07 Å². The number of hydrogen-bond acceptors (Lipinski definition) is 4. The Bertz CT molecular complexity index is 1050. The zero-order chi connectivity index (χ0) is 19.5. The normalized spacial score (nSPS) is 19.5. The van der Waals surface area contributed by atoms with E-state index in [4.69, 9.17) is 20.8 Å². The molecule has 140 valence electrons. The van der Waals surface area contributed by atoms with Crippen molar-refractivity contribution in [1.29, 1.82) is 0 Å². The number of ether oxygens (including phenoxy) is 1. The minimum absolute atomic E-state index is 0.125. The molecule has 2 aliphatic rings. The molecule has 6 nitrogen and oxygen atoms in total. The summed E-state index contributed by atoms with van der Waals surface area (Å²) in [5.74, 6) is -0.0228. The van der Waals surface area contributed by atoms with Crippen molar-refractivity contribution in [2.75, 3.05) is 0 Å². The first-order chi connectivity index (χ1) is 13.6. The minimum atomic E-state index is -0.523. The number of benzene rings is 1. The summed E-state index contributed by atoms with van der Waals surface area (Å²) in [7, 11) is 0. The number of furan rings is 1. The number of amides is 2. The molecule has 7 heteroatoms. The van der Waals surface area contributed by atoms with Gasteiger partial charge in [0.1, 0.15) is 5.76 Å². The largest absolute Gasteiger partial charge is 0.474 e. The van der Waals surface area contributed by atoms with E-state index in [0.29, 0.717) is 22.1 Å². The average Bonchev–Trinajstić information content (AvgIpc) is 3.20. The quantitative estimate of drug-likeness (QED) is 0.805. The highest BCUT2D eigenvalue weighted by Crippen LogP contribution is 2.23. The standard InChI is InChI=1S/C21H15ClN2O4/c22-15-4-1-3-13(9-15)10-19-21(26)24-17-11-14(6-7-18(17)28-19)20(25)23-12-16-5-2-8-27-16/h1-11,18H,12H2,(H,23,25)/b19-10-. The summed E-state index contributed by atoms with van der Waals surface area (Å²) in [4.78, 5) is 28.7. The van der Waals surface area contributed by atoms with Gasteiger partial charge in [0.2, 0.25) is 0 Å². The molecule has 1 aromatic carbocycles. The molecular formula is C21H15ClN2O4. The van der Waals surface area contributed by atoms with Crippen LogP contribution in [0.5, 0.6) is 0 Å². The molecule has 1 aromatic heterocycles. The van der Waals surface area contributed by atoms with Crippen LogP contribution in [0.2, 0.25) is 5.02 Å². The van der Waals surface area contributed by atoms with Crippen LogP contribution in [0.4, 0.5) is 0 Å². The van der Waals surface area contributed by atoms with Gasteiger partial charge in [-0.1, -0.05) is 23.7 Å². The van der Waals surface area contributed by atoms with Gasteiger partial charge < -0.3 is 14.5 Å². The molecule has 0 saturated heterocycles. The second-order valence-electron chi connectivity index (χ2n) is 6.16. The second kappa shape index (κ2) is 7.70. The van der Waals surface area contributed by atoms with Crippen LogP contribution in [-0.4, -0.2) is 23.6 Å². The summed E-state index contributed by atoms with van der Waals surface area (Å²) in [6, 6.07) is 10.6. The summed E-state index contributed by atoms with van der Waals surface area (Å²) in [6.45, 7) is 0.273. The van der Waals surface area contributed by atoms with Crippen LogP contribution in [0, 0.1) is 0 Å². The lowest BCUT2D eigenvalue weighted by molar-refractivity contribution is -0.119. The van der Waals surface area contributed by atoms with E-state index in [-0.39, 0.29) is 18.2 Å². The molecule has 0 radical (unpaired) electrons. The van der Waals surface area contributed by atoms with Gasteiger partial charge >= 0.3 is 5.91 Å². The zero-order valence-corrected chi connectivity index (χ0v) is 15.3. The lowest BCUT2D eigenvalue weighted by atomic mass is 10.0. The van der Waals surface area contributed by atoms with Crippen LogP contribution >= 0.6 is 11.6 Å². The summed E-state index contributed by atoms with van der Waals surface area (Å²) < 4.78 is 10.9. The fourth-order valence-electron chi connectivity index (χ4n) is 2.80. The Kier molecular flexibility index (Phi) is 4.95. The molecule has 0 bridgehead atoms. The van der Waals surface area contributed by atoms with Gasteiger partial charge in [0, 0.05) is 10.6 Å². The Hall–Kier alpha value is -3.38. The number of rotatable bonds is 4. The van der Waals surface area contributed by atoms with Crippen molar-refractivity contribution in [1.82, 2.24) is 5.32 Å². The molecule has 2 aromatic rings. The predicted molar refractivity (Wildman–Crippen MR) is 105 cm³/mol. The summed E-state index contributed by atoms with van der Waals surface area (Å²) >= 11 is 5.97. The van der Waals surface area contributed by atoms with Crippen molar-refractivity contribution in [3.8, 4) is 0 Å². The van der Waals surface area contributed by atoms with Gasteiger partial charge in [-0.25, -0.2) is 4.99 Å². The van der Waals surface area contributed by atoms with Crippen molar-refractivity contribution in [3.05, 3.63) is 88.6 Å². The maximum atomic E-state index is 12.3. The number of hydrogen-bond donors (Lipinski definition) is 1. The lowest BCUT2D eigenvalue weighted by Crippen LogP contribution is -2.33. The number of aliphatic imine (C=N–C) groups is 1. The van der Waals surface area contributed by atoms with Gasteiger partial charge in [-0.05, 0) is 54.1 Å². The van der Waals surface area contributed by atoms with Gasteiger partial charge in [0.25, 0.3) is 5.91 Å². The van der Waals surface area contributed by atoms with Crippen LogP contribution in [0.15, 0.2) is 81.6 Å². The Labute approximate surface area is 165 Å². The number of carbonyl (C=O) groups excluding carboxylic acids is 2. The van der Waals surface area contributed by atoms with Crippen molar-refractivity contribution < 1.29 is 18.7 Å². The molecule has 1 aliphatic carbocycles. The number of fused-ring (bicyclic) bond motifs is 1. The topological polar surface area (TPSA) is 80.9 Å². The molecule has 1 atom stereocenters. The summed E-state index contributed by atoms with van der Waals surface area (Å²) in [5.41, 5.74) is 1.52. The maximum absolute atomic E-state index is 12.3. The van der Waals surface area contributed by atoms with Crippen molar-refractivity contribution in [2.24, 2.45) is 4.99 Å². The molecule has 4 rings (SSSR count). The monoisotopic (exact) mass is 394 g/mol. The first kappa shape index (κ1) is 18.0. The van der Waals surface area contributed by atoms with Crippen molar-refractivity contribution in [2.45, 2.75) is 12.6 Å². The van der Waals surface area contributed by atoms with E-state index in [0.717, 1.165) is 5.56 Å². The molecule has 0 fully saturated rings. The highest BCUT2D eigenvalue weighted by Gasteiger charge is 2.29. The van der Waals surface area contributed by atoms with Crippen LogP contribution in [-0.2, 0) is 20.9 Å². The fourth-order valence-corrected chi connectivity index (χ4v) is 3.00. The van der Waals surface area contributed by atoms with E-state index in [1.54, 1.807) is 60.9 Å². The Morgan fingerprint density at radius 1 is 1.29 bits per heavy atom. The smallest absolute Gasteiger partial charge is 0.312 e. The Balaban J connectivity index is 1.49. The van der Waals surface area contributed by atoms with Crippen molar-refractivity contribution in [3.63, 3.8) is 0 Å². The summed E-state index contributed by atoms with van der Waals surface area (Å²) in [6.07, 6.45) is 7.51. The van der Waals surface area contributed by atoms with Crippen molar-refractivity contribution >= 4 is 35.2 Å². The number of carbonyl (C=O) groups is 2. The zero-order valence-electron chi connectivity index (χ0n) is 14.6. The molecule has 0 saturated carbocycles.